The number of hydrogen-bond donors (Lipinski definition) is 2. The van der Waals surface area contributed by atoms with Crippen LogP contribution in [0.25, 0.3) is 21.9 Å². The van der Waals surface area contributed by atoms with Crippen LogP contribution >= 0.6 is 0 Å². The molecule has 1 atom stereocenters. The highest BCUT2D eigenvalue weighted by Crippen LogP contribution is 2.29. The van der Waals surface area contributed by atoms with Crippen molar-refractivity contribution in [2.24, 2.45) is 7.05 Å². The van der Waals surface area contributed by atoms with Crippen LogP contribution < -0.4 is 5.69 Å². The van der Waals surface area contributed by atoms with Crippen LogP contribution in [-0.2, 0) is 18.4 Å². The van der Waals surface area contributed by atoms with Gasteiger partial charge in [0.1, 0.15) is 0 Å². The Morgan fingerprint density at radius 2 is 1.76 bits per heavy atom. The molecular formula is C26H29N3O5. The van der Waals surface area contributed by atoms with Gasteiger partial charge in [-0.05, 0) is 61.2 Å². The van der Waals surface area contributed by atoms with Crippen LogP contribution in [0, 0.1) is 13.8 Å². The third kappa shape index (κ3) is 4.00. The van der Waals surface area contributed by atoms with Crippen molar-refractivity contribution in [3.63, 3.8) is 0 Å². The summed E-state index contributed by atoms with van der Waals surface area (Å²) in [4.78, 5) is 36.9. The van der Waals surface area contributed by atoms with Gasteiger partial charge in [-0.2, -0.15) is 0 Å². The molecule has 0 aliphatic carbocycles. The number of carbonyl (C=O) groups is 2. The molecule has 0 unspecified atom stereocenters. The topological polar surface area (TPSA) is 106 Å². The molecule has 4 rings (SSSR count). The molecule has 0 saturated carbocycles. The van der Waals surface area contributed by atoms with Crippen molar-refractivity contribution in [2.45, 2.75) is 52.6 Å². The maximum atomic E-state index is 13.7. The Morgan fingerprint density at radius 3 is 2.41 bits per heavy atom. The molecule has 2 heterocycles. The lowest BCUT2D eigenvalue weighted by Gasteiger charge is -2.16. The summed E-state index contributed by atoms with van der Waals surface area (Å²) in [6, 6.07) is 8.25. The van der Waals surface area contributed by atoms with Crippen LogP contribution in [-0.4, -0.2) is 35.9 Å². The Morgan fingerprint density at radius 1 is 1.03 bits per heavy atom. The molecule has 2 aromatic carbocycles. The van der Waals surface area contributed by atoms with E-state index in [4.69, 9.17) is 0 Å². The molecule has 8 heteroatoms. The van der Waals surface area contributed by atoms with Gasteiger partial charge in [0.25, 0.3) is 0 Å². The number of fused-ring (bicyclic) bond motifs is 2. The van der Waals surface area contributed by atoms with Crippen molar-refractivity contribution in [1.29, 1.82) is 0 Å². The smallest absolute Gasteiger partial charge is 0.335 e. The SMILES string of the molecule is CCC[C@@H](CC(=O)O)n1c(=O)n(Cc2cn(C)c3cc(C)cc(C)c23)c2ccc(C(=O)O)cc21. The largest absolute Gasteiger partial charge is 0.481 e. The summed E-state index contributed by atoms with van der Waals surface area (Å²) in [6.07, 6.45) is 2.99. The Hall–Kier alpha value is -3.81. The molecule has 0 bridgehead atoms. The van der Waals surface area contributed by atoms with Crippen LogP contribution in [0.3, 0.4) is 0 Å². The number of aliphatic carboxylic acids is 1. The first-order valence-electron chi connectivity index (χ1n) is 11.4. The first kappa shape index (κ1) is 23.4. The third-order valence-corrected chi connectivity index (χ3v) is 6.45. The van der Waals surface area contributed by atoms with Gasteiger partial charge in [0.05, 0.1) is 29.6 Å². The number of hydrogen-bond acceptors (Lipinski definition) is 3. The van der Waals surface area contributed by atoms with Crippen molar-refractivity contribution < 1.29 is 19.8 Å². The summed E-state index contributed by atoms with van der Waals surface area (Å²) >= 11 is 0. The Kier molecular flexibility index (Phi) is 6.08. The summed E-state index contributed by atoms with van der Waals surface area (Å²) in [5.41, 5.74) is 5.07. The zero-order valence-corrected chi connectivity index (χ0v) is 19.8. The number of carboxylic acids is 2. The van der Waals surface area contributed by atoms with E-state index in [2.05, 4.69) is 12.1 Å². The van der Waals surface area contributed by atoms with Crippen LogP contribution in [0.1, 0.15) is 59.3 Å². The summed E-state index contributed by atoms with van der Waals surface area (Å²) in [5, 5.41) is 20.1. The van der Waals surface area contributed by atoms with E-state index in [1.54, 1.807) is 10.6 Å². The standard InChI is InChI=1S/C26H29N3O5/c1-5-6-19(12-23(30)31)29-21-11-17(25(32)33)7-8-20(21)28(26(29)34)14-18-13-27(4)22-10-15(2)9-16(3)24(18)22/h7-11,13,19H,5-6,12,14H2,1-4H3,(H,30,31)(H,32,33)/t19-/m0/s1. The molecule has 0 fully saturated rings. The zero-order valence-electron chi connectivity index (χ0n) is 19.8. The molecular weight excluding hydrogens is 434 g/mol. The predicted molar refractivity (Wildman–Crippen MR) is 131 cm³/mol. The van der Waals surface area contributed by atoms with Gasteiger partial charge in [0.15, 0.2) is 0 Å². The lowest BCUT2D eigenvalue weighted by molar-refractivity contribution is -0.137. The normalized spacial score (nSPS) is 12.5. The number of aromatic nitrogens is 3. The zero-order chi connectivity index (χ0) is 24.7. The summed E-state index contributed by atoms with van der Waals surface area (Å²) in [5.74, 6) is -2.10. The Balaban J connectivity index is 1.96. The lowest BCUT2D eigenvalue weighted by atomic mass is 10.0. The van der Waals surface area contributed by atoms with Gasteiger partial charge >= 0.3 is 17.6 Å². The minimum atomic E-state index is -1.10. The van der Waals surface area contributed by atoms with E-state index in [0.29, 0.717) is 30.4 Å². The average molecular weight is 464 g/mol. The highest BCUT2D eigenvalue weighted by Gasteiger charge is 2.24. The van der Waals surface area contributed by atoms with Crippen molar-refractivity contribution in [1.82, 2.24) is 13.7 Å². The van der Waals surface area contributed by atoms with Gasteiger partial charge in [-0.25, -0.2) is 9.59 Å². The number of aromatic carboxylic acids is 1. The Labute approximate surface area is 196 Å². The van der Waals surface area contributed by atoms with E-state index in [1.807, 2.05) is 38.6 Å². The number of carboxylic acid groups (broad SMARTS) is 2. The van der Waals surface area contributed by atoms with E-state index < -0.39 is 18.0 Å². The first-order valence-corrected chi connectivity index (χ1v) is 11.4. The van der Waals surface area contributed by atoms with Gasteiger partial charge in [-0.1, -0.05) is 19.4 Å². The van der Waals surface area contributed by atoms with E-state index in [-0.39, 0.29) is 17.7 Å². The summed E-state index contributed by atoms with van der Waals surface area (Å²) in [6.45, 7) is 6.33. The van der Waals surface area contributed by atoms with Crippen LogP contribution in [0.5, 0.6) is 0 Å². The molecule has 0 amide bonds. The number of nitrogens with zero attached hydrogens (tertiary/aromatic N) is 3. The third-order valence-electron chi connectivity index (χ3n) is 6.45. The van der Waals surface area contributed by atoms with Gasteiger partial charge in [0.2, 0.25) is 0 Å². The fourth-order valence-corrected chi connectivity index (χ4v) is 5.08. The molecule has 0 saturated heterocycles. The minimum absolute atomic E-state index is 0.0560. The molecule has 2 aromatic heterocycles. The van der Waals surface area contributed by atoms with E-state index in [0.717, 1.165) is 27.6 Å². The first-order chi connectivity index (χ1) is 16.1. The molecule has 34 heavy (non-hydrogen) atoms. The summed E-state index contributed by atoms with van der Waals surface area (Å²) in [7, 11) is 1.97. The van der Waals surface area contributed by atoms with Crippen LogP contribution in [0.15, 0.2) is 41.3 Å². The average Bonchev–Trinajstić information content (AvgIpc) is 3.21. The van der Waals surface area contributed by atoms with Crippen LogP contribution in [0.2, 0.25) is 0 Å². The fourth-order valence-electron chi connectivity index (χ4n) is 5.08. The molecule has 4 aromatic rings. The minimum Gasteiger partial charge on any atom is -0.481 e. The van der Waals surface area contributed by atoms with Crippen molar-refractivity contribution in [3.05, 3.63) is 69.3 Å². The number of benzene rings is 2. The quantitative estimate of drug-likeness (QED) is 0.401. The van der Waals surface area contributed by atoms with Gasteiger partial charge < -0.3 is 14.8 Å². The monoisotopic (exact) mass is 463 g/mol. The second-order valence-electron chi connectivity index (χ2n) is 9.03. The fraction of sp³-hybridized carbons (Fsp3) is 0.346. The molecule has 0 spiro atoms. The molecule has 2 N–H and O–H groups in total. The van der Waals surface area contributed by atoms with Crippen molar-refractivity contribution >= 4 is 33.9 Å². The lowest BCUT2D eigenvalue weighted by Crippen LogP contribution is -2.29. The van der Waals surface area contributed by atoms with Crippen LogP contribution in [0.4, 0.5) is 0 Å². The molecule has 178 valence electrons. The predicted octanol–water partition coefficient (Wildman–Crippen LogP) is 4.47. The second kappa shape index (κ2) is 8.85. The molecule has 0 aliphatic heterocycles. The highest BCUT2D eigenvalue weighted by molar-refractivity contribution is 5.93. The van der Waals surface area contributed by atoms with Gasteiger partial charge in [0, 0.05) is 30.2 Å². The van der Waals surface area contributed by atoms with E-state index in [1.165, 1.54) is 16.7 Å². The molecule has 0 radical (unpaired) electrons. The molecule has 8 nitrogen and oxygen atoms in total. The number of aryl methyl sites for hydroxylation is 3. The Bertz CT molecular complexity index is 1490. The highest BCUT2D eigenvalue weighted by atomic mass is 16.4. The van der Waals surface area contributed by atoms with E-state index >= 15 is 0 Å². The summed E-state index contributed by atoms with van der Waals surface area (Å²) < 4.78 is 5.14. The van der Waals surface area contributed by atoms with Gasteiger partial charge in [-0.15, -0.1) is 0 Å². The van der Waals surface area contributed by atoms with Crippen molar-refractivity contribution in [3.8, 4) is 0 Å². The van der Waals surface area contributed by atoms with Crippen molar-refractivity contribution in [2.75, 3.05) is 0 Å². The number of imidazole rings is 1. The molecule has 0 aliphatic rings. The van der Waals surface area contributed by atoms with Gasteiger partial charge in [-0.3, -0.25) is 13.9 Å². The van der Waals surface area contributed by atoms with E-state index in [9.17, 15) is 24.6 Å². The number of rotatable bonds is 8. The maximum absolute atomic E-state index is 13.7. The second-order valence-corrected chi connectivity index (χ2v) is 9.03. The maximum Gasteiger partial charge on any atom is 0.335 e.